The van der Waals surface area contributed by atoms with Gasteiger partial charge in [-0.25, -0.2) is 10.2 Å². The summed E-state index contributed by atoms with van der Waals surface area (Å²) in [6, 6.07) is 17.5. The maximum atomic E-state index is 12.4. The van der Waals surface area contributed by atoms with Gasteiger partial charge in [-0.15, -0.1) is 0 Å². The number of hydrogen-bond donors (Lipinski definition) is 2. The Morgan fingerprint density at radius 1 is 0.935 bits per heavy atom. The first kappa shape index (κ1) is 21.4. The number of rotatable bonds is 7. The van der Waals surface area contributed by atoms with Crippen molar-refractivity contribution in [3.63, 3.8) is 0 Å². The van der Waals surface area contributed by atoms with Crippen LogP contribution in [0.15, 0.2) is 71.8 Å². The zero-order valence-electron chi connectivity index (χ0n) is 16.9. The van der Waals surface area contributed by atoms with Gasteiger partial charge in [-0.05, 0) is 60.2 Å². The van der Waals surface area contributed by atoms with Crippen molar-refractivity contribution in [2.24, 2.45) is 5.10 Å². The molecule has 0 saturated carbocycles. The molecule has 3 aromatic rings. The average molecular weight is 420 g/mol. The van der Waals surface area contributed by atoms with Crippen LogP contribution in [0.3, 0.4) is 0 Å². The summed E-state index contributed by atoms with van der Waals surface area (Å²) in [6.45, 7) is 0. The molecule has 8 heteroatoms. The molecule has 0 aliphatic heterocycles. The number of phenols is 1. The third-order valence-electron chi connectivity index (χ3n) is 4.24. The predicted molar refractivity (Wildman–Crippen MR) is 114 cm³/mol. The molecule has 0 unspecified atom stereocenters. The van der Waals surface area contributed by atoms with Crippen LogP contribution in [0.4, 0.5) is 0 Å². The molecule has 8 nitrogen and oxygen atoms in total. The second-order valence-electron chi connectivity index (χ2n) is 6.24. The van der Waals surface area contributed by atoms with Crippen molar-refractivity contribution < 1.29 is 28.9 Å². The molecule has 0 aliphatic carbocycles. The third kappa shape index (κ3) is 5.39. The molecule has 0 aliphatic rings. The number of carbonyl (C=O) groups excluding carboxylic acids is 2. The van der Waals surface area contributed by atoms with Crippen LogP contribution in [0.25, 0.3) is 0 Å². The van der Waals surface area contributed by atoms with E-state index in [1.54, 1.807) is 48.5 Å². The lowest BCUT2D eigenvalue weighted by Gasteiger charge is -2.09. The number of esters is 1. The van der Waals surface area contributed by atoms with Gasteiger partial charge in [0.2, 0.25) is 0 Å². The van der Waals surface area contributed by atoms with E-state index in [0.717, 1.165) is 0 Å². The van der Waals surface area contributed by atoms with E-state index >= 15 is 0 Å². The van der Waals surface area contributed by atoms with Crippen LogP contribution in [0.5, 0.6) is 23.0 Å². The van der Waals surface area contributed by atoms with E-state index in [0.29, 0.717) is 28.4 Å². The number of ether oxygens (including phenoxy) is 3. The van der Waals surface area contributed by atoms with Crippen LogP contribution in [0, 0.1) is 0 Å². The third-order valence-corrected chi connectivity index (χ3v) is 4.24. The Morgan fingerprint density at radius 3 is 2.32 bits per heavy atom. The first-order chi connectivity index (χ1) is 15.0. The van der Waals surface area contributed by atoms with Gasteiger partial charge in [0.1, 0.15) is 11.5 Å². The highest BCUT2D eigenvalue weighted by Gasteiger charge is 2.13. The fraction of sp³-hybridized carbons (Fsp3) is 0.0870. The lowest BCUT2D eigenvalue weighted by molar-refractivity contribution is 0.0734. The van der Waals surface area contributed by atoms with E-state index < -0.39 is 11.9 Å². The molecule has 0 spiro atoms. The standard InChI is InChI=1S/C23H20N2O6/c1-29-20-12-9-16(13-21(20)30-2)23(28)31-17-10-7-15(8-11-17)14-24-25-22(27)18-5-3-4-6-19(18)26/h3-14,26H,1-2H3,(H,25,27)/b24-14-. The number of hydrogen-bond acceptors (Lipinski definition) is 7. The number of amides is 1. The average Bonchev–Trinajstić information content (AvgIpc) is 2.79. The second-order valence-corrected chi connectivity index (χ2v) is 6.24. The lowest BCUT2D eigenvalue weighted by Crippen LogP contribution is -2.17. The van der Waals surface area contributed by atoms with Crippen LogP contribution < -0.4 is 19.6 Å². The van der Waals surface area contributed by atoms with Crippen LogP contribution in [-0.4, -0.2) is 37.4 Å². The van der Waals surface area contributed by atoms with E-state index in [4.69, 9.17) is 14.2 Å². The quantitative estimate of drug-likeness (QED) is 0.263. The minimum Gasteiger partial charge on any atom is -0.507 e. The number of nitrogens with one attached hydrogen (secondary N) is 1. The number of para-hydroxylation sites is 1. The Kier molecular flexibility index (Phi) is 6.85. The van der Waals surface area contributed by atoms with Gasteiger partial charge < -0.3 is 19.3 Å². The second kappa shape index (κ2) is 9.93. The molecule has 0 bridgehead atoms. The maximum Gasteiger partial charge on any atom is 0.343 e. The van der Waals surface area contributed by atoms with Crippen molar-refractivity contribution in [1.82, 2.24) is 5.43 Å². The molecular formula is C23H20N2O6. The molecular weight excluding hydrogens is 400 g/mol. The van der Waals surface area contributed by atoms with Gasteiger partial charge in [-0.2, -0.15) is 5.10 Å². The molecule has 0 heterocycles. The highest BCUT2D eigenvalue weighted by molar-refractivity contribution is 5.97. The van der Waals surface area contributed by atoms with Gasteiger partial charge >= 0.3 is 5.97 Å². The number of benzene rings is 3. The molecule has 0 fully saturated rings. The van der Waals surface area contributed by atoms with E-state index in [9.17, 15) is 14.7 Å². The topological polar surface area (TPSA) is 106 Å². The van der Waals surface area contributed by atoms with Crippen LogP contribution >= 0.6 is 0 Å². The van der Waals surface area contributed by atoms with E-state index in [-0.39, 0.29) is 11.3 Å². The molecule has 31 heavy (non-hydrogen) atoms. The Hall–Kier alpha value is -4.33. The molecule has 1 amide bonds. The molecule has 0 saturated heterocycles. The first-order valence-electron chi connectivity index (χ1n) is 9.17. The van der Waals surface area contributed by atoms with Gasteiger partial charge in [-0.1, -0.05) is 12.1 Å². The number of aromatic hydroxyl groups is 1. The highest BCUT2D eigenvalue weighted by Crippen LogP contribution is 2.28. The van der Waals surface area contributed by atoms with Gasteiger partial charge in [0.15, 0.2) is 11.5 Å². The molecule has 0 atom stereocenters. The Bertz CT molecular complexity index is 1110. The molecule has 2 N–H and O–H groups in total. The summed E-state index contributed by atoms with van der Waals surface area (Å²) in [5, 5.41) is 13.5. The summed E-state index contributed by atoms with van der Waals surface area (Å²) in [5.41, 5.74) is 3.45. The summed E-state index contributed by atoms with van der Waals surface area (Å²) in [5.74, 6) is 0.0739. The van der Waals surface area contributed by atoms with Crippen molar-refractivity contribution in [1.29, 1.82) is 0 Å². The van der Waals surface area contributed by atoms with Gasteiger partial charge in [0.05, 0.1) is 31.6 Å². The van der Waals surface area contributed by atoms with Crippen LogP contribution in [0.2, 0.25) is 0 Å². The van der Waals surface area contributed by atoms with Crippen molar-refractivity contribution in [3.8, 4) is 23.0 Å². The SMILES string of the molecule is COc1ccc(C(=O)Oc2ccc(/C=N\NC(=O)c3ccccc3O)cc2)cc1OC. The molecule has 0 radical (unpaired) electrons. The first-order valence-corrected chi connectivity index (χ1v) is 9.17. The number of phenolic OH excluding ortho intramolecular Hbond substituents is 1. The molecule has 3 rings (SSSR count). The molecule has 158 valence electrons. The van der Waals surface area contributed by atoms with Gasteiger partial charge in [0, 0.05) is 0 Å². The Morgan fingerprint density at radius 2 is 1.65 bits per heavy atom. The largest absolute Gasteiger partial charge is 0.507 e. The molecule has 3 aromatic carbocycles. The van der Waals surface area contributed by atoms with E-state index in [1.165, 1.54) is 38.6 Å². The van der Waals surface area contributed by atoms with Crippen LogP contribution in [0.1, 0.15) is 26.3 Å². The number of methoxy groups -OCH3 is 2. The number of carbonyl (C=O) groups is 2. The van der Waals surface area contributed by atoms with E-state index in [2.05, 4.69) is 10.5 Å². The predicted octanol–water partition coefficient (Wildman–Crippen LogP) is 3.39. The van der Waals surface area contributed by atoms with Crippen molar-refractivity contribution >= 4 is 18.1 Å². The van der Waals surface area contributed by atoms with Crippen molar-refractivity contribution in [3.05, 3.63) is 83.4 Å². The fourth-order valence-corrected chi connectivity index (χ4v) is 2.64. The van der Waals surface area contributed by atoms with Gasteiger partial charge in [0.25, 0.3) is 5.91 Å². The smallest absolute Gasteiger partial charge is 0.343 e. The lowest BCUT2D eigenvalue weighted by atomic mass is 10.2. The van der Waals surface area contributed by atoms with Crippen molar-refractivity contribution in [2.45, 2.75) is 0 Å². The zero-order chi connectivity index (χ0) is 22.2. The summed E-state index contributed by atoms with van der Waals surface area (Å²) < 4.78 is 15.7. The summed E-state index contributed by atoms with van der Waals surface area (Å²) in [4.78, 5) is 24.4. The number of hydrazone groups is 1. The minimum atomic E-state index is -0.544. The summed E-state index contributed by atoms with van der Waals surface area (Å²) in [6.07, 6.45) is 1.43. The maximum absolute atomic E-state index is 12.4. The van der Waals surface area contributed by atoms with E-state index in [1.807, 2.05) is 0 Å². The van der Waals surface area contributed by atoms with Gasteiger partial charge in [-0.3, -0.25) is 4.79 Å². The minimum absolute atomic E-state index is 0.122. The number of nitrogens with zero attached hydrogens (tertiary/aromatic N) is 1. The normalized spacial score (nSPS) is 10.5. The fourth-order valence-electron chi connectivity index (χ4n) is 2.64. The monoisotopic (exact) mass is 420 g/mol. The summed E-state index contributed by atoms with van der Waals surface area (Å²) >= 11 is 0. The zero-order valence-corrected chi connectivity index (χ0v) is 16.9. The molecule has 0 aromatic heterocycles. The Balaban J connectivity index is 1.60. The van der Waals surface area contributed by atoms with Crippen LogP contribution in [-0.2, 0) is 0 Å². The highest BCUT2D eigenvalue weighted by atomic mass is 16.5. The van der Waals surface area contributed by atoms with Crippen molar-refractivity contribution in [2.75, 3.05) is 14.2 Å². The summed E-state index contributed by atoms with van der Waals surface area (Å²) in [7, 11) is 3.00. The Labute approximate surface area is 178 Å².